The normalized spacial score (nSPS) is 10.6. The van der Waals surface area contributed by atoms with Crippen LogP contribution in [0.2, 0.25) is 0 Å². The zero-order valence-corrected chi connectivity index (χ0v) is 11.1. The molecule has 0 aliphatic carbocycles. The first-order valence-corrected chi connectivity index (χ1v) is 5.74. The van der Waals surface area contributed by atoms with E-state index in [9.17, 15) is 14.9 Å². The van der Waals surface area contributed by atoms with Crippen molar-refractivity contribution in [1.29, 1.82) is 0 Å². The van der Waals surface area contributed by atoms with E-state index in [1.54, 1.807) is 13.0 Å². The molecule has 0 bridgehead atoms. The third kappa shape index (κ3) is 2.11. The number of benzene rings is 1. The molecule has 0 aliphatic heterocycles. The molecule has 0 unspecified atom stereocenters. The van der Waals surface area contributed by atoms with Crippen LogP contribution in [0.5, 0.6) is 0 Å². The van der Waals surface area contributed by atoms with E-state index in [1.807, 2.05) is 6.92 Å². The van der Waals surface area contributed by atoms with Gasteiger partial charge in [0.05, 0.1) is 10.6 Å². The van der Waals surface area contributed by atoms with E-state index in [-0.39, 0.29) is 22.8 Å². The SMILES string of the molecule is Cc1cc(-n2nnc(C(=O)O)c2C)c([N+](=O)[O-])cc1C. The Morgan fingerprint density at radius 3 is 2.40 bits per heavy atom. The highest BCUT2D eigenvalue weighted by Gasteiger charge is 2.23. The number of carbonyl (C=O) groups is 1. The van der Waals surface area contributed by atoms with Gasteiger partial charge in [0.15, 0.2) is 5.69 Å². The van der Waals surface area contributed by atoms with Gasteiger partial charge >= 0.3 is 5.97 Å². The standard InChI is InChI=1S/C12H12N4O4/c1-6-4-9(10(16(19)20)5-7(6)2)15-8(3)11(12(17)18)13-14-15/h4-5H,1-3H3,(H,17,18). The van der Waals surface area contributed by atoms with Gasteiger partial charge in [-0.1, -0.05) is 5.21 Å². The highest BCUT2D eigenvalue weighted by atomic mass is 16.6. The predicted octanol–water partition coefficient (Wildman–Crippen LogP) is 1.80. The Labute approximate surface area is 113 Å². The van der Waals surface area contributed by atoms with Gasteiger partial charge in [-0.25, -0.2) is 9.48 Å². The lowest BCUT2D eigenvalue weighted by Gasteiger charge is -2.07. The van der Waals surface area contributed by atoms with Gasteiger partial charge in [-0.05, 0) is 38.0 Å². The highest BCUT2D eigenvalue weighted by Crippen LogP contribution is 2.27. The third-order valence-electron chi connectivity index (χ3n) is 3.11. The average molecular weight is 276 g/mol. The minimum Gasteiger partial charge on any atom is -0.476 e. The molecule has 0 saturated carbocycles. The van der Waals surface area contributed by atoms with Crippen molar-refractivity contribution >= 4 is 11.7 Å². The molecule has 0 radical (unpaired) electrons. The molecule has 104 valence electrons. The van der Waals surface area contributed by atoms with E-state index in [1.165, 1.54) is 17.7 Å². The van der Waals surface area contributed by atoms with E-state index < -0.39 is 10.9 Å². The van der Waals surface area contributed by atoms with Crippen LogP contribution in [0.3, 0.4) is 0 Å². The molecule has 1 heterocycles. The van der Waals surface area contributed by atoms with E-state index >= 15 is 0 Å². The number of aromatic nitrogens is 3. The number of nitrogens with zero attached hydrogens (tertiary/aromatic N) is 4. The number of nitro benzene ring substituents is 1. The maximum atomic E-state index is 11.1. The minimum absolute atomic E-state index is 0.141. The summed E-state index contributed by atoms with van der Waals surface area (Å²) in [7, 11) is 0. The molecule has 8 heteroatoms. The number of aryl methyl sites for hydroxylation is 2. The number of hydrogen-bond donors (Lipinski definition) is 1. The Kier molecular flexibility index (Phi) is 3.23. The molecule has 0 spiro atoms. The van der Waals surface area contributed by atoms with Gasteiger partial charge in [-0.2, -0.15) is 0 Å². The van der Waals surface area contributed by atoms with Crippen LogP contribution < -0.4 is 0 Å². The zero-order chi connectivity index (χ0) is 15.0. The first-order chi connectivity index (χ1) is 9.32. The second kappa shape index (κ2) is 4.72. The van der Waals surface area contributed by atoms with E-state index in [0.29, 0.717) is 0 Å². The number of aromatic carboxylic acids is 1. The van der Waals surface area contributed by atoms with Crippen molar-refractivity contribution < 1.29 is 14.8 Å². The van der Waals surface area contributed by atoms with Crippen LogP contribution in [-0.4, -0.2) is 31.0 Å². The highest BCUT2D eigenvalue weighted by molar-refractivity contribution is 5.86. The van der Waals surface area contributed by atoms with E-state index in [0.717, 1.165) is 11.1 Å². The number of rotatable bonds is 3. The van der Waals surface area contributed by atoms with Gasteiger partial charge < -0.3 is 5.11 Å². The lowest BCUT2D eigenvalue weighted by molar-refractivity contribution is -0.384. The maximum Gasteiger partial charge on any atom is 0.358 e. The van der Waals surface area contributed by atoms with Crippen molar-refractivity contribution in [3.05, 3.63) is 44.8 Å². The van der Waals surface area contributed by atoms with Crippen LogP contribution in [0.25, 0.3) is 5.69 Å². The Morgan fingerprint density at radius 2 is 1.90 bits per heavy atom. The fourth-order valence-electron chi connectivity index (χ4n) is 1.86. The van der Waals surface area contributed by atoms with Crippen LogP contribution in [0.1, 0.15) is 27.3 Å². The smallest absolute Gasteiger partial charge is 0.358 e. The fourth-order valence-corrected chi connectivity index (χ4v) is 1.86. The molecule has 1 aromatic carbocycles. The molecule has 1 N–H and O–H groups in total. The largest absolute Gasteiger partial charge is 0.476 e. The fraction of sp³-hybridized carbons (Fsp3) is 0.250. The van der Waals surface area contributed by atoms with Crippen molar-refractivity contribution in [2.45, 2.75) is 20.8 Å². The summed E-state index contributed by atoms with van der Waals surface area (Å²) in [6.45, 7) is 5.08. The van der Waals surface area contributed by atoms with Crippen LogP contribution in [-0.2, 0) is 0 Å². The van der Waals surface area contributed by atoms with Gasteiger partial charge in [0, 0.05) is 6.07 Å². The first kappa shape index (κ1) is 13.7. The maximum absolute atomic E-state index is 11.1. The molecule has 2 rings (SSSR count). The van der Waals surface area contributed by atoms with Crippen molar-refractivity contribution in [2.24, 2.45) is 0 Å². The van der Waals surface area contributed by atoms with Crippen LogP contribution >= 0.6 is 0 Å². The van der Waals surface area contributed by atoms with Crippen molar-refractivity contribution in [2.75, 3.05) is 0 Å². The Morgan fingerprint density at radius 1 is 1.30 bits per heavy atom. The summed E-state index contributed by atoms with van der Waals surface area (Å²) in [5.74, 6) is -1.22. The quantitative estimate of drug-likeness (QED) is 0.675. The van der Waals surface area contributed by atoms with Crippen molar-refractivity contribution in [1.82, 2.24) is 15.0 Å². The summed E-state index contributed by atoms with van der Waals surface area (Å²) in [6.07, 6.45) is 0. The molecule has 0 aliphatic rings. The van der Waals surface area contributed by atoms with Gasteiger partial charge in [0.2, 0.25) is 0 Å². The Hall–Kier alpha value is -2.77. The second-order valence-corrected chi connectivity index (χ2v) is 4.42. The molecule has 0 amide bonds. The topological polar surface area (TPSA) is 111 Å². The third-order valence-corrected chi connectivity index (χ3v) is 3.11. The van der Waals surface area contributed by atoms with Gasteiger partial charge in [-0.15, -0.1) is 5.10 Å². The summed E-state index contributed by atoms with van der Waals surface area (Å²) in [5.41, 5.74) is 1.70. The molecule has 1 aromatic heterocycles. The molecule has 0 saturated heterocycles. The minimum atomic E-state index is -1.22. The summed E-state index contributed by atoms with van der Waals surface area (Å²) >= 11 is 0. The lowest BCUT2D eigenvalue weighted by atomic mass is 10.1. The molecular formula is C12H12N4O4. The average Bonchev–Trinajstić information content (AvgIpc) is 2.73. The number of nitro groups is 1. The number of hydrogen-bond acceptors (Lipinski definition) is 5. The zero-order valence-electron chi connectivity index (χ0n) is 11.1. The first-order valence-electron chi connectivity index (χ1n) is 5.74. The summed E-state index contributed by atoms with van der Waals surface area (Å²) in [6, 6.07) is 3.03. The Bertz CT molecular complexity index is 720. The molecule has 0 fully saturated rings. The molecular weight excluding hydrogens is 264 g/mol. The molecule has 2 aromatic rings. The summed E-state index contributed by atoms with van der Waals surface area (Å²) in [5, 5.41) is 27.3. The monoisotopic (exact) mass is 276 g/mol. The Balaban J connectivity index is 2.72. The summed E-state index contributed by atoms with van der Waals surface area (Å²) in [4.78, 5) is 21.6. The summed E-state index contributed by atoms with van der Waals surface area (Å²) < 4.78 is 1.17. The van der Waals surface area contributed by atoms with Gasteiger partial charge in [-0.3, -0.25) is 10.1 Å². The van der Waals surface area contributed by atoms with Crippen molar-refractivity contribution in [3.8, 4) is 5.69 Å². The molecule has 8 nitrogen and oxygen atoms in total. The second-order valence-electron chi connectivity index (χ2n) is 4.42. The van der Waals surface area contributed by atoms with Crippen LogP contribution in [0, 0.1) is 30.9 Å². The van der Waals surface area contributed by atoms with Crippen molar-refractivity contribution in [3.63, 3.8) is 0 Å². The molecule has 20 heavy (non-hydrogen) atoms. The van der Waals surface area contributed by atoms with Crippen LogP contribution in [0.15, 0.2) is 12.1 Å². The number of carboxylic acid groups (broad SMARTS) is 1. The lowest BCUT2D eigenvalue weighted by Crippen LogP contribution is -2.06. The molecule has 0 atom stereocenters. The van der Waals surface area contributed by atoms with E-state index in [4.69, 9.17) is 5.11 Å². The van der Waals surface area contributed by atoms with Gasteiger partial charge in [0.25, 0.3) is 5.69 Å². The van der Waals surface area contributed by atoms with Gasteiger partial charge in [0.1, 0.15) is 5.69 Å². The van der Waals surface area contributed by atoms with E-state index in [2.05, 4.69) is 10.3 Å². The number of carboxylic acids is 1. The van der Waals surface area contributed by atoms with Crippen LogP contribution in [0.4, 0.5) is 5.69 Å². The predicted molar refractivity (Wildman–Crippen MR) is 69.2 cm³/mol.